The summed E-state index contributed by atoms with van der Waals surface area (Å²) in [6, 6.07) is 7.48. The lowest BCUT2D eigenvalue weighted by Crippen LogP contribution is -2.52. The molecule has 8 heteroatoms. The zero-order chi connectivity index (χ0) is 19.7. The normalized spacial score (nSPS) is 16.8. The highest BCUT2D eigenvalue weighted by atomic mass is 127. The van der Waals surface area contributed by atoms with Crippen LogP contribution >= 0.6 is 24.0 Å². The molecule has 7 nitrogen and oxygen atoms in total. The molecule has 1 fully saturated rings. The fourth-order valence-corrected chi connectivity index (χ4v) is 3.04. The van der Waals surface area contributed by atoms with E-state index in [0.29, 0.717) is 19.0 Å². The SMILES string of the molecule is CCNC(=NCC(C)(C)N1CCOCC1)NCC(O)c1cccc(OC)c1.I. The molecule has 0 radical (unpaired) electrons. The number of methoxy groups -OCH3 is 1. The molecule has 0 aliphatic carbocycles. The number of guanidine groups is 1. The number of aliphatic hydroxyl groups is 1. The molecular formula is C20H35IN4O3. The molecule has 0 spiro atoms. The van der Waals surface area contributed by atoms with Gasteiger partial charge in [0.25, 0.3) is 0 Å². The van der Waals surface area contributed by atoms with E-state index in [0.717, 1.165) is 44.2 Å². The van der Waals surface area contributed by atoms with E-state index in [4.69, 9.17) is 14.5 Å². The maximum atomic E-state index is 10.5. The van der Waals surface area contributed by atoms with Gasteiger partial charge in [-0.3, -0.25) is 9.89 Å². The Morgan fingerprint density at radius 3 is 2.68 bits per heavy atom. The first-order valence-electron chi connectivity index (χ1n) is 9.63. The summed E-state index contributed by atoms with van der Waals surface area (Å²) in [6.45, 7) is 11.7. The van der Waals surface area contributed by atoms with Crippen LogP contribution in [0, 0.1) is 0 Å². The van der Waals surface area contributed by atoms with E-state index in [1.54, 1.807) is 7.11 Å². The zero-order valence-electron chi connectivity index (χ0n) is 17.4. The predicted octanol–water partition coefficient (Wildman–Crippen LogP) is 2.01. The Morgan fingerprint density at radius 2 is 2.04 bits per heavy atom. The van der Waals surface area contributed by atoms with Gasteiger partial charge in [0.2, 0.25) is 0 Å². The Bertz CT molecular complexity index is 607. The quantitative estimate of drug-likeness (QED) is 0.285. The van der Waals surface area contributed by atoms with Gasteiger partial charge in [0.05, 0.1) is 33.0 Å². The van der Waals surface area contributed by atoms with Gasteiger partial charge in [0, 0.05) is 31.7 Å². The Labute approximate surface area is 185 Å². The summed E-state index contributed by atoms with van der Waals surface area (Å²) in [5, 5.41) is 17.0. The van der Waals surface area contributed by atoms with Gasteiger partial charge in [0.15, 0.2) is 5.96 Å². The highest BCUT2D eigenvalue weighted by Gasteiger charge is 2.28. The van der Waals surface area contributed by atoms with Crippen molar-refractivity contribution >= 4 is 29.9 Å². The van der Waals surface area contributed by atoms with Gasteiger partial charge in [-0.15, -0.1) is 24.0 Å². The fraction of sp³-hybridized carbons (Fsp3) is 0.650. The van der Waals surface area contributed by atoms with E-state index in [2.05, 4.69) is 29.4 Å². The Balaban J connectivity index is 0.00000392. The van der Waals surface area contributed by atoms with Gasteiger partial charge in [-0.2, -0.15) is 0 Å². The lowest BCUT2D eigenvalue weighted by molar-refractivity contribution is -0.00684. The number of hydrogen-bond acceptors (Lipinski definition) is 5. The van der Waals surface area contributed by atoms with Gasteiger partial charge in [0.1, 0.15) is 5.75 Å². The van der Waals surface area contributed by atoms with Gasteiger partial charge >= 0.3 is 0 Å². The zero-order valence-corrected chi connectivity index (χ0v) is 19.7. The fourth-order valence-electron chi connectivity index (χ4n) is 3.04. The van der Waals surface area contributed by atoms with Gasteiger partial charge in [-0.25, -0.2) is 0 Å². The second kappa shape index (κ2) is 12.5. The average Bonchev–Trinajstić information content (AvgIpc) is 2.70. The minimum atomic E-state index is -0.642. The number of nitrogens with zero attached hydrogens (tertiary/aromatic N) is 2. The molecule has 28 heavy (non-hydrogen) atoms. The summed E-state index contributed by atoms with van der Waals surface area (Å²) >= 11 is 0. The highest BCUT2D eigenvalue weighted by molar-refractivity contribution is 14.0. The van der Waals surface area contributed by atoms with E-state index in [1.165, 1.54) is 0 Å². The Morgan fingerprint density at radius 1 is 1.32 bits per heavy atom. The summed E-state index contributed by atoms with van der Waals surface area (Å²) in [5.74, 6) is 1.44. The summed E-state index contributed by atoms with van der Waals surface area (Å²) in [7, 11) is 1.62. The molecule has 2 rings (SSSR count). The van der Waals surface area contributed by atoms with E-state index in [9.17, 15) is 5.11 Å². The van der Waals surface area contributed by atoms with Crippen LogP contribution in [0.4, 0.5) is 0 Å². The first-order chi connectivity index (χ1) is 13.0. The average molecular weight is 506 g/mol. The second-order valence-electron chi connectivity index (χ2n) is 7.28. The van der Waals surface area contributed by atoms with Crippen molar-refractivity contribution in [2.75, 3.05) is 53.0 Å². The molecule has 0 amide bonds. The number of aliphatic hydroxyl groups excluding tert-OH is 1. The lowest BCUT2D eigenvalue weighted by Gasteiger charge is -2.39. The van der Waals surface area contributed by atoms with Crippen molar-refractivity contribution in [3.8, 4) is 5.75 Å². The third-order valence-electron chi connectivity index (χ3n) is 4.78. The van der Waals surface area contributed by atoms with Crippen molar-refractivity contribution in [1.29, 1.82) is 0 Å². The molecule has 3 N–H and O–H groups in total. The standard InChI is InChI=1S/C20H34N4O3.HI/c1-5-21-19(23-15-20(2,3)24-9-11-27-12-10-24)22-14-18(25)16-7-6-8-17(13-16)26-4;/h6-8,13,18,25H,5,9-12,14-15H2,1-4H3,(H2,21,22,23);1H. The van der Waals surface area contributed by atoms with E-state index >= 15 is 0 Å². The van der Waals surface area contributed by atoms with Crippen LogP contribution in [0.1, 0.15) is 32.4 Å². The maximum Gasteiger partial charge on any atom is 0.191 e. The summed E-state index contributed by atoms with van der Waals surface area (Å²) < 4.78 is 10.7. The summed E-state index contributed by atoms with van der Waals surface area (Å²) in [5.41, 5.74) is 0.767. The van der Waals surface area contributed by atoms with Crippen LogP contribution in [0.2, 0.25) is 0 Å². The lowest BCUT2D eigenvalue weighted by atomic mass is 10.0. The molecule has 1 atom stereocenters. The highest BCUT2D eigenvalue weighted by Crippen LogP contribution is 2.19. The molecule has 1 aliphatic rings. The molecule has 1 heterocycles. The van der Waals surface area contributed by atoms with Crippen LogP contribution in [-0.2, 0) is 4.74 Å². The molecule has 0 aromatic heterocycles. The first kappa shape index (κ1) is 24.9. The van der Waals surface area contributed by atoms with Crippen molar-refractivity contribution in [2.45, 2.75) is 32.4 Å². The summed E-state index contributed by atoms with van der Waals surface area (Å²) in [4.78, 5) is 7.15. The molecule has 1 unspecified atom stereocenters. The molecular weight excluding hydrogens is 471 g/mol. The number of morpholine rings is 1. The number of nitrogens with one attached hydrogen (secondary N) is 2. The molecule has 1 aliphatic heterocycles. The van der Waals surface area contributed by atoms with Gasteiger partial charge in [-0.1, -0.05) is 12.1 Å². The van der Waals surface area contributed by atoms with Crippen LogP contribution in [-0.4, -0.2) is 74.6 Å². The first-order valence-corrected chi connectivity index (χ1v) is 9.63. The van der Waals surface area contributed by atoms with Crippen LogP contribution in [0.25, 0.3) is 0 Å². The molecule has 0 bridgehead atoms. The molecule has 0 saturated carbocycles. The van der Waals surface area contributed by atoms with Crippen molar-refractivity contribution in [2.24, 2.45) is 4.99 Å². The number of hydrogen-bond donors (Lipinski definition) is 3. The van der Waals surface area contributed by atoms with Crippen LogP contribution in [0.3, 0.4) is 0 Å². The number of ether oxygens (including phenoxy) is 2. The second-order valence-corrected chi connectivity index (χ2v) is 7.28. The molecule has 160 valence electrons. The van der Waals surface area contributed by atoms with Crippen LogP contribution < -0.4 is 15.4 Å². The molecule has 1 aromatic carbocycles. The Kier molecular flexibility index (Phi) is 11.1. The Hall–Kier alpha value is -1.10. The van der Waals surface area contributed by atoms with E-state index in [1.807, 2.05) is 31.2 Å². The third-order valence-corrected chi connectivity index (χ3v) is 4.78. The van der Waals surface area contributed by atoms with Crippen molar-refractivity contribution < 1.29 is 14.6 Å². The molecule has 1 aromatic rings. The third kappa shape index (κ3) is 7.73. The minimum Gasteiger partial charge on any atom is -0.497 e. The van der Waals surface area contributed by atoms with Crippen LogP contribution in [0.5, 0.6) is 5.75 Å². The summed E-state index contributed by atoms with van der Waals surface area (Å²) in [6.07, 6.45) is -0.642. The number of aliphatic imine (C=N–C) groups is 1. The van der Waals surface area contributed by atoms with Gasteiger partial charge in [-0.05, 0) is 38.5 Å². The number of halogens is 1. The largest absolute Gasteiger partial charge is 0.497 e. The number of benzene rings is 1. The van der Waals surface area contributed by atoms with Crippen molar-refractivity contribution in [3.05, 3.63) is 29.8 Å². The van der Waals surface area contributed by atoms with Crippen molar-refractivity contribution in [3.63, 3.8) is 0 Å². The minimum absolute atomic E-state index is 0. The maximum absolute atomic E-state index is 10.5. The van der Waals surface area contributed by atoms with Crippen LogP contribution in [0.15, 0.2) is 29.3 Å². The molecule has 1 saturated heterocycles. The van der Waals surface area contributed by atoms with Gasteiger partial charge < -0.3 is 25.2 Å². The predicted molar refractivity (Wildman–Crippen MR) is 124 cm³/mol. The van der Waals surface area contributed by atoms with Crippen molar-refractivity contribution in [1.82, 2.24) is 15.5 Å². The smallest absolute Gasteiger partial charge is 0.191 e. The van der Waals surface area contributed by atoms with E-state index < -0.39 is 6.10 Å². The topological polar surface area (TPSA) is 78.4 Å². The number of rotatable bonds is 8. The monoisotopic (exact) mass is 506 g/mol. The van der Waals surface area contributed by atoms with E-state index in [-0.39, 0.29) is 29.5 Å².